The molecule has 1 amide bonds. The molecule has 4 rings (SSSR count). The number of primary amides is 1. The molecule has 1 aliphatic carbocycles. The van der Waals surface area contributed by atoms with Crippen LogP contribution in [0.25, 0.3) is 22.3 Å². The molecule has 0 unspecified atom stereocenters. The van der Waals surface area contributed by atoms with Gasteiger partial charge in [0.15, 0.2) is 0 Å². The van der Waals surface area contributed by atoms with Crippen LogP contribution in [-0.4, -0.2) is 6.09 Å². The molecule has 3 nitrogen and oxygen atoms in total. The van der Waals surface area contributed by atoms with Crippen LogP contribution >= 0.6 is 11.6 Å². The van der Waals surface area contributed by atoms with E-state index >= 15 is 0 Å². The minimum Gasteiger partial charge on any atom is -0.445 e. The minimum atomic E-state index is -0.793. The Kier molecular flexibility index (Phi) is 3.94. The Hall–Kier alpha value is -2.78. The third-order valence-electron chi connectivity index (χ3n) is 4.56. The normalized spacial score (nSPS) is 11.7. The maximum absolute atomic E-state index is 10.7. The van der Waals surface area contributed by atoms with Gasteiger partial charge in [-0.1, -0.05) is 66.2 Å². The Balaban J connectivity index is 1.74. The molecule has 0 saturated heterocycles. The third kappa shape index (κ3) is 2.87. The Labute approximate surface area is 151 Å². The van der Waals surface area contributed by atoms with Crippen molar-refractivity contribution in [2.24, 2.45) is 5.73 Å². The van der Waals surface area contributed by atoms with E-state index in [9.17, 15) is 4.79 Å². The lowest BCUT2D eigenvalue weighted by molar-refractivity contribution is 0.150. The lowest BCUT2D eigenvalue weighted by Crippen LogP contribution is -2.12. The largest absolute Gasteiger partial charge is 0.445 e. The molecular weight excluding hydrogens is 334 g/mol. The van der Waals surface area contributed by atoms with Crippen LogP contribution in [0.2, 0.25) is 5.02 Å². The molecule has 0 atom stereocenters. The van der Waals surface area contributed by atoms with Crippen molar-refractivity contribution in [2.75, 3.05) is 0 Å². The summed E-state index contributed by atoms with van der Waals surface area (Å²) in [5.41, 5.74) is 13.1. The first-order valence-corrected chi connectivity index (χ1v) is 8.42. The number of amides is 1. The number of hydrogen-bond donors (Lipinski definition) is 1. The molecular formula is C21H16ClNO2. The van der Waals surface area contributed by atoms with Gasteiger partial charge in [-0.2, -0.15) is 0 Å². The van der Waals surface area contributed by atoms with Gasteiger partial charge in [-0.15, -0.1) is 0 Å². The van der Waals surface area contributed by atoms with Crippen molar-refractivity contribution in [1.29, 1.82) is 0 Å². The highest BCUT2D eigenvalue weighted by molar-refractivity contribution is 6.33. The summed E-state index contributed by atoms with van der Waals surface area (Å²) in [7, 11) is 0. The maximum Gasteiger partial charge on any atom is 0.404 e. The Morgan fingerprint density at radius 1 is 0.960 bits per heavy atom. The lowest BCUT2D eigenvalue weighted by atomic mass is 9.95. The van der Waals surface area contributed by atoms with Gasteiger partial charge in [0, 0.05) is 10.6 Å². The van der Waals surface area contributed by atoms with Crippen LogP contribution in [0, 0.1) is 0 Å². The Morgan fingerprint density at radius 3 is 2.44 bits per heavy atom. The SMILES string of the molecule is NC(=O)OCc1ccc(-c2cccc3c2Cc2ccccc2-3)c(Cl)c1. The fraction of sp³-hybridized carbons (Fsp3) is 0.0952. The van der Waals surface area contributed by atoms with Crippen LogP contribution in [0.3, 0.4) is 0 Å². The molecule has 0 aliphatic heterocycles. The highest BCUT2D eigenvalue weighted by Crippen LogP contribution is 2.42. The molecule has 0 spiro atoms. The molecule has 0 bridgehead atoms. The number of hydrogen-bond acceptors (Lipinski definition) is 2. The summed E-state index contributed by atoms with van der Waals surface area (Å²) in [6.45, 7) is 0.119. The van der Waals surface area contributed by atoms with E-state index < -0.39 is 6.09 Å². The fourth-order valence-corrected chi connectivity index (χ4v) is 3.74. The zero-order chi connectivity index (χ0) is 17.4. The summed E-state index contributed by atoms with van der Waals surface area (Å²) >= 11 is 6.52. The number of fused-ring (bicyclic) bond motifs is 3. The second kappa shape index (κ2) is 6.26. The van der Waals surface area contributed by atoms with E-state index in [1.807, 2.05) is 18.2 Å². The molecule has 0 radical (unpaired) electrons. The van der Waals surface area contributed by atoms with E-state index in [1.54, 1.807) is 0 Å². The molecule has 4 heteroatoms. The van der Waals surface area contributed by atoms with E-state index in [1.165, 1.54) is 22.3 Å². The van der Waals surface area contributed by atoms with Gasteiger partial charge in [0.25, 0.3) is 0 Å². The average Bonchev–Trinajstić information content (AvgIpc) is 2.99. The van der Waals surface area contributed by atoms with Crippen molar-refractivity contribution in [2.45, 2.75) is 13.0 Å². The van der Waals surface area contributed by atoms with E-state index in [2.05, 4.69) is 42.5 Å². The van der Waals surface area contributed by atoms with E-state index in [-0.39, 0.29) is 6.61 Å². The summed E-state index contributed by atoms with van der Waals surface area (Å²) in [5.74, 6) is 0. The van der Waals surface area contributed by atoms with Crippen LogP contribution in [0.5, 0.6) is 0 Å². The van der Waals surface area contributed by atoms with Crippen molar-refractivity contribution in [1.82, 2.24) is 0 Å². The van der Waals surface area contributed by atoms with Crippen molar-refractivity contribution in [3.63, 3.8) is 0 Å². The predicted molar refractivity (Wildman–Crippen MR) is 99.5 cm³/mol. The standard InChI is InChI=1S/C21H16ClNO2/c22-20-10-13(12-25-21(23)24)8-9-18(20)17-7-3-6-16-15-5-2-1-4-14(15)11-19(16)17/h1-10H,11-12H2,(H2,23,24). The zero-order valence-electron chi connectivity index (χ0n) is 13.5. The number of carbonyl (C=O) groups is 1. The van der Waals surface area contributed by atoms with Gasteiger partial charge in [-0.3, -0.25) is 0 Å². The molecule has 1 aliphatic rings. The van der Waals surface area contributed by atoms with E-state index in [0.29, 0.717) is 5.02 Å². The summed E-state index contributed by atoms with van der Waals surface area (Å²) in [4.78, 5) is 10.7. The van der Waals surface area contributed by atoms with Crippen molar-refractivity contribution in [3.8, 4) is 22.3 Å². The quantitative estimate of drug-likeness (QED) is 0.554. The fourth-order valence-electron chi connectivity index (χ4n) is 3.43. The first-order chi connectivity index (χ1) is 12.1. The zero-order valence-corrected chi connectivity index (χ0v) is 14.2. The average molecular weight is 350 g/mol. The first kappa shape index (κ1) is 15.7. The van der Waals surface area contributed by atoms with Gasteiger partial charge in [0.2, 0.25) is 0 Å². The molecule has 3 aromatic rings. The summed E-state index contributed by atoms with van der Waals surface area (Å²) in [5, 5.41) is 0.634. The van der Waals surface area contributed by atoms with Crippen LogP contribution in [0.15, 0.2) is 60.7 Å². The van der Waals surface area contributed by atoms with Gasteiger partial charge >= 0.3 is 6.09 Å². The molecule has 0 aromatic heterocycles. The Morgan fingerprint density at radius 2 is 1.68 bits per heavy atom. The highest BCUT2D eigenvalue weighted by Gasteiger charge is 2.21. The Bertz CT molecular complexity index is 981. The number of ether oxygens (including phenoxy) is 1. The summed E-state index contributed by atoms with van der Waals surface area (Å²) in [6.07, 6.45) is 0.115. The van der Waals surface area contributed by atoms with Crippen LogP contribution in [0.1, 0.15) is 16.7 Å². The highest BCUT2D eigenvalue weighted by atomic mass is 35.5. The maximum atomic E-state index is 10.7. The van der Waals surface area contributed by atoms with Crippen LogP contribution in [-0.2, 0) is 17.8 Å². The number of carbonyl (C=O) groups excluding carboxylic acids is 1. The lowest BCUT2D eigenvalue weighted by Gasteiger charge is -2.12. The number of halogens is 1. The van der Waals surface area contributed by atoms with E-state index in [4.69, 9.17) is 22.1 Å². The molecule has 0 saturated carbocycles. The van der Waals surface area contributed by atoms with Gasteiger partial charge in [-0.25, -0.2) is 4.79 Å². The predicted octanol–water partition coefficient (Wildman–Crippen LogP) is 5.17. The second-order valence-electron chi connectivity index (χ2n) is 6.09. The summed E-state index contributed by atoms with van der Waals surface area (Å²) in [6, 6.07) is 20.5. The third-order valence-corrected chi connectivity index (χ3v) is 4.87. The van der Waals surface area contributed by atoms with Gasteiger partial charge in [0.05, 0.1) is 0 Å². The summed E-state index contributed by atoms with van der Waals surface area (Å²) < 4.78 is 4.83. The topological polar surface area (TPSA) is 52.3 Å². The van der Waals surface area contributed by atoms with Gasteiger partial charge in [-0.05, 0) is 45.9 Å². The molecule has 124 valence electrons. The van der Waals surface area contributed by atoms with Gasteiger partial charge < -0.3 is 10.5 Å². The molecule has 0 fully saturated rings. The molecule has 25 heavy (non-hydrogen) atoms. The van der Waals surface area contributed by atoms with Crippen molar-refractivity contribution >= 4 is 17.7 Å². The van der Waals surface area contributed by atoms with Crippen LogP contribution in [0.4, 0.5) is 4.79 Å². The number of benzene rings is 3. The molecule has 3 aromatic carbocycles. The first-order valence-electron chi connectivity index (χ1n) is 8.04. The number of rotatable bonds is 3. The second-order valence-corrected chi connectivity index (χ2v) is 6.49. The van der Waals surface area contributed by atoms with Crippen molar-refractivity contribution < 1.29 is 9.53 Å². The monoisotopic (exact) mass is 349 g/mol. The molecule has 0 heterocycles. The van der Waals surface area contributed by atoms with Crippen LogP contribution < -0.4 is 5.73 Å². The smallest absolute Gasteiger partial charge is 0.404 e. The molecule has 2 N–H and O–H groups in total. The number of nitrogens with two attached hydrogens (primary N) is 1. The van der Waals surface area contributed by atoms with E-state index in [0.717, 1.165) is 23.1 Å². The minimum absolute atomic E-state index is 0.119. The van der Waals surface area contributed by atoms with Gasteiger partial charge in [0.1, 0.15) is 6.61 Å². The van der Waals surface area contributed by atoms with Crippen molar-refractivity contribution in [3.05, 3.63) is 82.4 Å².